The van der Waals surface area contributed by atoms with Crippen molar-refractivity contribution in [1.29, 1.82) is 0 Å². The molecule has 2 unspecified atom stereocenters. The van der Waals surface area contributed by atoms with E-state index in [1.165, 1.54) is 12.8 Å². The largest absolute Gasteiger partial charge is 0.481 e. The van der Waals surface area contributed by atoms with Crippen LogP contribution in [0.25, 0.3) is 0 Å². The summed E-state index contributed by atoms with van der Waals surface area (Å²) in [5.74, 6) is 0.538. The third-order valence-electron chi connectivity index (χ3n) is 4.26. The first kappa shape index (κ1) is 10.9. The summed E-state index contributed by atoms with van der Waals surface area (Å²) in [7, 11) is 2.15. The molecule has 1 saturated carbocycles. The van der Waals surface area contributed by atoms with Gasteiger partial charge in [-0.05, 0) is 57.7 Å². The van der Waals surface area contributed by atoms with E-state index >= 15 is 0 Å². The summed E-state index contributed by atoms with van der Waals surface area (Å²) >= 11 is 0. The number of hydrogen-bond acceptors (Lipinski definition) is 2. The van der Waals surface area contributed by atoms with E-state index in [1.54, 1.807) is 0 Å². The lowest BCUT2D eigenvalue weighted by Crippen LogP contribution is -2.35. The van der Waals surface area contributed by atoms with Crippen molar-refractivity contribution in [1.82, 2.24) is 4.90 Å². The predicted molar refractivity (Wildman–Crippen MR) is 58.7 cm³/mol. The SMILES string of the molecule is CN1CCC(C2CCCC2C(=O)O)CC1. The van der Waals surface area contributed by atoms with E-state index in [-0.39, 0.29) is 5.92 Å². The quantitative estimate of drug-likeness (QED) is 0.757. The summed E-state index contributed by atoms with van der Waals surface area (Å²) in [5, 5.41) is 9.16. The molecule has 86 valence electrons. The maximum atomic E-state index is 11.1. The fraction of sp³-hybridized carbons (Fsp3) is 0.917. The lowest BCUT2D eigenvalue weighted by atomic mass is 9.78. The molecule has 0 amide bonds. The molecule has 2 aliphatic rings. The molecule has 3 heteroatoms. The highest BCUT2D eigenvalue weighted by atomic mass is 16.4. The Morgan fingerprint density at radius 2 is 1.87 bits per heavy atom. The number of hydrogen-bond donors (Lipinski definition) is 1. The van der Waals surface area contributed by atoms with Gasteiger partial charge in [-0.1, -0.05) is 6.42 Å². The lowest BCUT2D eigenvalue weighted by Gasteiger charge is -2.34. The van der Waals surface area contributed by atoms with Crippen LogP contribution >= 0.6 is 0 Å². The molecule has 2 rings (SSSR count). The number of aliphatic carboxylic acids is 1. The van der Waals surface area contributed by atoms with Crippen LogP contribution in [0.15, 0.2) is 0 Å². The van der Waals surface area contributed by atoms with Gasteiger partial charge in [0.25, 0.3) is 0 Å². The van der Waals surface area contributed by atoms with Gasteiger partial charge in [-0.3, -0.25) is 4.79 Å². The van der Waals surface area contributed by atoms with Crippen LogP contribution in [0.1, 0.15) is 32.1 Å². The molecule has 0 spiro atoms. The van der Waals surface area contributed by atoms with Crippen molar-refractivity contribution in [2.45, 2.75) is 32.1 Å². The normalized spacial score (nSPS) is 34.5. The molecular weight excluding hydrogens is 190 g/mol. The second-order valence-electron chi connectivity index (χ2n) is 5.18. The molecule has 1 saturated heterocycles. The first-order valence-corrected chi connectivity index (χ1v) is 6.10. The zero-order valence-corrected chi connectivity index (χ0v) is 9.48. The van der Waals surface area contributed by atoms with Crippen LogP contribution in [0.5, 0.6) is 0 Å². The molecule has 0 radical (unpaired) electrons. The number of carboxylic acids is 1. The van der Waals surface area contributed by atoms with Gasteiger partial charge in [0, 0.05) is 0 Å². The highest BCUT2D eigenvalue weighted by molar-refractivity contribution is 5.70. The summed E-state index contributed by atoms with van der Waals surface area (Å²) in [4.78, 5) is 13.5. The van der Waals surface area contributed by atoms with Crippen molar-refractivity contribution in [3.8, 4) is 0 Å². The van der Waals surface area contributed by atoms with Crippen molar-refractivity contribution in [3.05, 3.63) is 0 Å². The molecule has 0 aromatic rings. The van der Waals surface area contributed by atoms with E-state index < -0.39 is 5.97 Å². The van der Waals surface area contributed by atoms with Crippen molar-refractivity contribution in [2.75, 3.05) is 20.1 Å². The predicted octanol–water partition coefficient (Wildman–Crippen LogP) is 1.83. The van der Waals surface area contributed by atoms with Gasteiger partial charge in [-0.2, -0.15) is 0 Å². The standard InChI is InChI=1S/C12H21NO2/c1-13-7-5-9(6-8-13)10-3-2-4-11(10)12(14)15/h9-11H,2-8H2,1H3,(H,14,15). The molecular formula is C12H21NO2. The summed E-state index contributed by atoms with van der Waals surface area (Å²) in [6.45, 7) is 2.29. The van der Waals surface area contributed by atoms with Crippen LogP contribution in [-0.4, -0.2) is 36.1 Å². The molecule has 0 aromatic carbocycles. The van der Waals surface area contributed by atoms with Crippen LogP contribution in [0.2, 0.25) is 0 Å². The lowest BCUT2D eigenvalue weighted by molar-refractivity contribution is -0.143. The minimum absolute atomic E-state index is 0.0431. The number of nitrogens with zero attached hydrogens (tertiary/aromatic N) is 1. The van der Waals surface area contributed by atoms with Crippen LogP contribution in [0.4, 0.5) is 0 Å². The minimum Gasteiger partial charge on any atom is -0.481 e. The molecule has 0 aromatic heterocycles. The molecule has 0 bridgehead atoms. The van der Waals surface area contributed by atoms with Crippen molar-refractivity contribution in [2.24, 2.45) is 17.8 Å². The highest BCUT2D eigenvalue weighted by Gasteiger charge is 2.38. The van der Waals surface area contributed by atoms with Crippen LogP contribution < -0.4 is 0 Å². The molecule has 3 nitrogen and oxygen atoms in total. The topological polar surface area (TPSA) is 40.5 Å². The number of rotatable bonds is 2. The average Bonchev–Trinajstić information content (AvgIpc) is 2.67. The molecule has 15 heavy (non-hydrogen) atoms. The Labute approximate surface area is 91.5 Å². The summed E-state index contributed by atoms with van der Waals surface area (Å²) in [5.41, 5.74) is 0. The van der Waals surface area contributed by atoms with Gasteiger partial charge in [-0.15, -0.1) is 0 Å². The molecule has 2 atom stereocenters. The Bertz CT molecular complexity index is 234. The fourth-order valence-corrected chi connectivity index (χ4v) is 3.32. The second kappa shape index (κ2) is 4.52. The molecule has 1 heterocycles. The third-order valence-corrected chi connectivity index (χ3v) is 4.26. The van der Waals surface area contributed by atoms with Crippen LogP contribution in [-0.2, 0) is 4.79 Å². The second-order valence-corrected chi connectivity index (χ2v) is 5.18. The zero-order valence-electron chi connectivity index (χ0n) is 9.48. The smallest absolute Gasteiger partial charge is 0.306 e. The van der Waals surface area contributed by atoms with E-state index in [9.17, 15) is 4.79 Å². The summed E-state index contributed by atoms with van der Waals surface area (Å²) < 4.78 is 0. The van der Waals surface area contributed by atoms with Gasteiger partial charge in [0.15, 0.2) is 0 Å². The maximum absolute atomic E-state index is 11.1. The third kappa shape index (κ3) is 2.33. The minimum atomic E-state index is -0.559. The van der Waals surface area contributed by atoms with Gasteiger partial charge in [0.1, 0.15) is 0 Å². The van der Waals surface area contributed by atoms with Gasteiger partial charge >= 0.3 is 5.97 Å². The van der Waals surface area contributed by atoms with Gasteiger partial charge in [0.05, 0.1) is 5.92 Å². The van der Waals surface area contributed by atoms with Crippen molar-refractivity contribution < 1.29 is 9.90 Å². The Hall–Kier alpha value is -0.570. The van der Waals surface area contributed by atoms with E-state index in [1.807, 2.05) is 0 Å². The number of likely N-dealkylation sites (tertiary alicyclic amines) is 1. The Morgan fingerprint density at radius 1 is 1.20 bits per heavy atom. The summed E-state index contributed by atoms with van der Waals surface area (Å²) in [6.07, 6.45) is 5.57. The van der Waals surface area contributed by atoms with E-state index in [2.05, 4.69) is 11.9 Å². The van der Waals surface area contributed by atoms with Crippen molar-refractivity contribution in [3.63, 3.8) is 0 Å². The van der Waals surface area contributed by atoms with Crippen molar-refractivity contribution >= 4 is 5.97 Å². The number of carbonyl (C=O) groups is 1. The van der Waals surface area contributed by atoms with Crippen LogP contribution in [0, 0.1) is 17.8 Å². The number of piperidine rings is 1. The maximum Gasteiger partial charge on any atom is 0.306 e. The van der Waals surface area contributed by atoms with E-state index in [4.69, 9.17) is 5.11 Å². The Balaban J connectivity index is 1.94. The Kier molecular flexibility index (Phi) is 3.29. The fourth-order valence-electron chi connectivity index (χ4n) is 3.32. The van der Waals surface area contributed by atoms with Gasteiger partial charge < -0.3 is 10.0 Å². The first-order valence-electron chi connectivity index (χ1n) is 6.10. The van der Waals surface area contributed by atoms with E-state index in [0.29, 0.717) is 11.8 Å². The molecule has 1 aliphatic heterocycles. The van der Waals surface area contributed by atoms with Crippen LogP contribution in [0.3, 0.4) is 0 Å². The van der Waals surface area contributed by atoms with E-state index in [0.717, 1.165) is 32.4 Å². The molecule has 2 fully saturated rings. The van der Waals surface area contributed by atoms with Gasteiger partial charge in [-0.25, -0.2) is 0 Å². The number of carboxylic acid groups (broad SMARTS) is 1. The summed E-state index contributed by atoms with van der Waals surface area (Å²) in [6, 6.07) is 0. The zero-order chi connectivity index (χ0) is 10.8. The Morgan fingerprint density at radius 3 is 2.47 bits per heavy atom. The highest BCUT2D eigenvalue weighted by Crippen LogP contribution is 2.41. The molecule has 1 N–H and O–H groups in total. The average molecular weight is 211 g/mol. The van der Waals surface area contributed by atoms with Gasteiger partial charge in [0.2, 0.25) is 0 Å². The first-order chi connectivity index (χ1) is 7.18. The monoisotopic (exact) mass is 211 g/mol. The molecule has 1 aliphatic carbocycles.